The first-order chi connectivity index (χ1) is 10.6. The summed E-state index contributed by atoms with van der Waals surface area (Å²) in [6.07, 6.45) is 6.63. The molecule has 1 aromatic carbocycles. The molecule has 0 saturated heterocycles. The average Bonchev–Trinajstić information content (AvgIpc) is 3.20. The molecule has 0 spiro atoms. The molecule has 0 amide bonds. The lowest BCUT2D eigenvalue weighted by Crippen LogP contribution is -2.27. The Morgan fingerprint density at radius 3 is 2.82 bits per heavy atom. The van der Waals surface area contributed by atoms with Gasteiger partial charge in [0.25, 0.3) is 0 Å². The number of nitrogens with zero attached hydrogens (tertiary/aromatic N) is 3. The van der Waals surface area contributed by atoms with E-state index >= 15 is 0 Å². The lowest BCUT2D eigenvalue weighted by Gasteiger charge is -2.16. The van der Waals surface area contributed by atoms with Gasteiger partial charge in [-0.2, -0.15) is 9.40 Å². The van der Waals surface area contributed by atoms with Crippen LogP contribution in [0.1, 0.15) is 5.82 Å². The van der Waals surface area contributed by atoms with Gasteiger partial charge >= 0.3 is 0 Å². The van der Waals surface area contributed by atoms with Crippen LogP contribution >= 0.6 is 0 Å². The van der Waals surface area contributed by atoms with E-state index in [0.29, 0.717) is 5.82 Å². The molecule has 0 unspecified atom stereocenters. The first kappa shape index (κ1) is 14.5. The molecule has 8 heteroatoms. The van der Waals surface area contributed by atoms with Crippen molar-refractivity contribution in [1.29, 1.82) is 0 Å². The number of hydrogen-bond donors (Lipinski definition) is 2. The molecule has 0 fully saturated rings. The Kier molecular flexibility index (Phi) is 3.78. The summed E-state index contributed by atoms with van der Waals surface area (Å²) < 4.78 is 26.5. The Bertz CT molecular complexity index is 841. The van der Waals surface area contributed by atoms with E-state index in [-0.39, 0.29) is 11.4 Å². The van der Waals surface area contributed by atoms with Crippen LogP contribution in [0.15, 0.2) is 53.9 Å². The van der Waals surface area contributed by atoms with Crippen LogP contribution < -0.4 is 0 Å². The molecular weight excluding hydrogens is 302 g/mol. The molecule has 22 heavy (non-hydrogen) atoms. The molecule has 2 N–H and O–H groups in total. The second kappa shape index (κ2) is 5.74. The highest BCUT2D eigenvalue weighted by Gasteiger charge is 2.22. The van der Waals surface area contributed by atoms with Gasteiger partial charge < -0.3 is 4.98 Å². The van der Waals surface area contributed by atoms with Crippen molar-refractivity contribution in [3.8, 4) is 11.1 Å². The number of aromatic nitrogens is 4. The number of benzene rings is 1. The summed E-state index contributed by atoms with van der Waals surface area (Å²) in [6, 6.07) is 6.78. The number of aromatic amines is 2. The van der Waals surface area contributed by atoms with Crippen LogP contribution in [-0.4, -0.2) is 39.9 Å². The third-order valence-electron chi connectivity index (χ3n) is 3.30. The van der Waals surface area contributed by atoms with Gasteiger partial charge in [0.2, 0.25) is 10.0 Å². The molecule has 0 atom stereocenters. The van der Waals surface area contributed by atoms with Crippen molar-refractivity contribution in [1.82, 2.24) is 24.5 Å². The Morgan fingerprint density at radius 1 is 1.27 bits per heavy atom. The second-order valence-electron chi connectivity index (χ2n) is 4.81. The highest BCUT2D eigenvalue weighted by Crippen LogP contribution is 2.23. The van der Waals surface area contributed by atoms with Crippen molar-refractivity contribution in [2.24, 2.45) is 0 Å². The van der Waals surface area contributed by atoms with Crippen molar-refractivity contribution in [3.63, 3.8) is 0 Å². The van der Waals surface area contributed by atoms with E-state index in [0.717, 1.165) is 11.1 Å². The van der Waals surface area contributed by atoms with E-state index in [1.165, 1.54) is 11.4 Å². The molecule has 114 valence electrons. The van der Waals surface area contributed by atoms with Crippen molar-refractivity contribution in [3.05, 3.63) is 54.9 Å². The quantitative estimate of drug-likeness (QED) is 0.747. The summed E-state index contributed by atoms with van der Waals surface area (Å²) in [5, 5.41) is 6.59. The third kappa shape index (κ3) is 2.78. The van der Waals surface area contributed by atoms with Crippen LogP contribution in [0.25, 0.3) is 11.1 Å². The maximum absolute atomic E-state index is 12.6. The van der Waals surface area contributed by atoms with Gasteiger partial charge in [-0.15, -0.1) is 0 Å². The molecule has 0 aliphatic heterocycles. The maximum atomic E-state index is 12.6. The van der Waals surface area contributed by atoms with Crippen molar-refractivity contribution >= 4 is 10.0 Å². The summed E-state index contributed by atoms with van der Waals surface area (Å²) >= 11 is 0. The molecule has 0 saturated carbocycles. The van der Waals surface area contributed by atoms with Crippen molar-refractivity contribution < 1.29 is 8.42 Å². The van der Waals surface area contributed by atoms with Gasteiger partial charge in [0, 0.05) is 31.2 Å². The lowest BCUT2D eigenvalue weighted by molar-refractivity contribution is 0.458. The van der Waals surface area contributed by atoms with Gasteiger partial charge in [-0.25, -0.2) is 13.4 Å². The number of hydrogen-bond acceptors (Lipinski definition) is 4. The van der Waals surface area contributed by atoms with Gasteiger partial charge in [0.15, 0.2) is 0 Å². The summed E-state index contributed by atoms with van der Waals surface area (Å²) in [6.45, 7) is 0.186. The van der Waals surface area contributed by atoms with Crippen LogP contribution in [0.2, 0.25) is 0 Å². The molecule has 0 radical (unpaired) electrons. The predicted molar refractivity (Wildman–Crippen MR) is 81.3 cm³/mol. The average molecular weight is 317 g/mol. The Balaban J connectivity index is 1.90. The largest absolute Gasteiger partial charge is 0.347 e. The summed E-state index contributed by atoms with van der Waals surface area (Å²) in [5.41, 5.74) is 1.63. The number of imidazole rings is 1. The summed E-state index contributed by atoms with van der Waals surface area (Å²) in [5.74, 6) is 0.595. The summed E-state index contributed by atoms with van der Waals surface area (Å²) in [4.78, 5) is 7.18. The molecule has 0 aliphatic carbocycles. The smallest absolute Gasteiger partial charge is 0.243 e. The standard InChI is InChI=1S/C14H15N5O2S/c1-19(10-14-15-5-6-16-14)22(20,21)13-4-2-3-11(7-13)12-8-17-18-9-12/h2-9H,10H2,1H3,(H,15,16)(H,17,18). The Hall–Kier alpha value is -2.45. The highest BCUT2D eigenvalue weighted by molar-refractivity contribution is 7.89. The monoisotopic (exact) mass is 317 g/mol. The van der Waals surface area contributed by atoms with Crippen LogP contribution in [0.5, 0.6) is 0 Å². The first-order valence-electron chi connectivity index (χ1n) is 6.61. The number of rotatable bonds is 5. The fraction of sp³-hybridized carbons (Fsp3) is 0.143. The number of nitrogens with one attached hydrogen (secondary N) is 2. The SMILES string of the molecule is CN(Cc1ncc[nH]1)S(=O)(=O)c1cccc(-c2cn[nH]c2)c1. The van der Waals surface area contributed by atoms with Gasteiger partial charge in [0.1, 0.15) is 5.82 Å². The van der Waals surface area contributed by atoms with Gasteiger partial charge in [-0.1, -0.05) is 12.1 Å². The van der Waals surface area contributed by atoms with Gasteiger partial charge in [-0.05, 0) is 17.7 Å². The third-order valence-corrected chi connectivity index (χ3v) is 5.10. The minimum absolute atomic E-state index is 0.186. The molecule has 0 aliphatic rings. The van der Waals surface area contributed by atoms with Crippen molar-refractivity contribution in [2.75, 3.05) is 7.05 Å². The van der Waals surface area contributed by atoms with E-state index in [9.17, 15) is 8.42 Å². The van der Waals surface area contributed by atoms with Crippen LogP contribution in [0, 0.1) is 0 Å². The van der Waals surface area contributed by atoms with Crippen LogP contribution in [0.3, 0.4) is 0 Å². The van der Waals surface area contributed by atoms with E-state index < -0.39 is 10.0 Å². The molecule has 0 bridgehead atoms. The first-order valence-corrected chi connectivity index (χ1v) is 8.05. The highest BCUT2D eigenvalue weighted by atomic mass is 32.2. The lowest BCUT2D eigenvalue weighted by atomic mass is 10.1. The fourth-order valence-electron chi connectivity index (χ4n) is 2.11. The zero-order chi connectivity index (χ0) is 15.6. The Labute approximate surface area is 128 Å². The minimum atomic E-state index is -3.59. The molecule has 2 heterocycles. The van der Waals surface area contributed by atoms with Gasteiger partial charge in [-0.3, -0.25) is 5.10 Å². The van der Waals surface area contributed by atoms with Crippen LogP contribution in [0.4, 0.5) is 0 Å². The predicted octanol–water partition coefficient (Wildman–Crippen LogP) is 1.62. The van der Waals surface area contributed by atoms with Crippen LogP contribution in [-0.2, 0) is 16.6 Å². The Morgan fingerprint density at radius 2 is 2.14 bits per heavy atom. The molecule has 2 aromatic heterocycles. The maximum Gasteiger partial charge on any atom is 0.243 e. The fourth-order valence-corrected chi connectivity index (χ4v) is 3.28. The minimum Gasteiger partial charge on any atom is -0.347 e. The molecule has 7 nitrogen and oxygen atoms in total. The number of H-pyrrole nitrogens is 2. The second-order valence-corrected chi connectivity index (χ2v) is 6.86. The molecular formula is C14H15N5O2S. The van der Waals surface area contributed by atoms with E-state index in [1.807, 2.05) is 6.07 Å². The normalized spacial score (nSPS) is 11.9. The van der Waals surface area contributed by atoms with E-state index in [1.54, 1.807) is 43.0 Å². The zero-order valence-corrected chi connectivity index (χ0v) is 12.7. The number of sulfonamides is 1. The topological polar surface area (TPSA) is 94.7 Å². The molecule has 3 aromatic rings. The zero-order valence-electron chi connectivity index (χ0n) is 11.9. The van der Waals surface area contributed by atoms with E-state index in [2.05, 4.69) is 20.2 Å². The van der Waals surface area contributed by atoms with E-state index in [4.69, 9.17) is 0 Å². The molecule has 3 rings (SSSR count). The summed E-state index contributed by atoms with van der Waals surface area (Å²) in [7, 11) is -2.06. The van der Waals surface area contributed by atoms with Crippen molar-refractivity contribution in [2.45, 2.75) is 11.4 Å². The van der Waals surface area contributed by atoms with Gasteiger partial charge in [0.05, 0.1) is 17.6 Å².